The Morgan fingerprint density at radius 3 is 2.52 bits per heavy atom. The van der Waals surface area contributed by atoms with Gasteiger partial charge in [-0.2, -0.15) is 9.78 Å². The predicted molar refractivity (Wildman–Crippen MR) is 118 cm³/mol. The molecular formula is C24H19N3O4. The van der Waals surface area contributed by atoms with E-state index in [0.29, 0.717) is 28.8 Å². The molecule has 0 unspecified atom stereocenters. The molecule has 0 aliphatic heterocycles. The Kier molecular flexibility index (Phi) is 5.84. The van der Waals surface area contributed by atoms with Crippen LogP contribution in [0.15, 0.2) is 89.0 Å². The molecular weight excluding hydrogens is 394 g/mol. The molecule has 0 bridgehead atoms. The van der Waals surface area contributed by atoms with Crippen LogP contribution in [0.3, 0.4) is 0 Å². The standard InChI is InChI=1S/C24H19N3O4/c1-30-24(29)19-10-6-18(7-11-19)15-31-20-12-8-17(9-13-20)14-26-27-16-25-22-5-3-2-4-21(22)23(27)28/h2-14,16H,15H2,1H3/b26-14+. The third kappa shape index (κ3) is 4.67. The van der Waals surface area contributed by atoms with Crippen molar-refractivity contribution in [3.63, 3.8) is 0 Å². The molecule has 0 saturated heterocycles. The first kappa shape index (κ1) is 20.0. The van der Waals surface area contributed by atoms with Crippen LogP contribution >= 0.6 is 0 Å². The molecule has 0 radical (unpaired) electrons. The first-order chi connectivity index (χ1) is 15.1. The van der Waals surface area contributed by atoms with E-state index in [0.717, 1.165) is 11.1 Å². The Labute approximate surface area is 178 Å². The van der Waals surface area contributed by atoms with Crippen molar-refractivity contribution >= 4 is 23.1 Å². The second-order valence-electron chi connectivity index (χ2n) is 6.70. The van der Waals surface area contributed by atoms with Gasteiger partial charge in [0.1, 0.15) is 18.7 Å². The molecule has 154 valence electrons. The number of methoxy groups -OCH3 is 1. The van der Waals surface area contributed by atoms with E-state index in [1.807, 2.05) is 42.5 Å². The van der Waals surface area contributed by atoms with E-state index in [9.17, 15) is 9.59 Å². The van der Waals surface area contributed by atoms with Crippen LogP contribution in [0.2, 0.25) is 0 Å². The van der Waals surface area contributed by atoms with Crippen LogP contribution in [0.1, 0.15) is 21.5 Å². The van der Waals surface area contributed by atoms with Gasteiger partial charge in [0.15, 0.2) is 0 Å². The lowest BCUT2D eigenvalue weighted by atomic mass is 10.1. The highest BCUT2D eigenvalue weighted by atomic mass is 16.5. The summed E-state index contributed by atoms with van der Waals surface area (Å²) in [5.74, 6) is 0.324. The normalized spacial score (nSPS) is 11.0. The van der Waals surface area contributed by atoms with Crippen LogP contribution in [0, 0.1) is 0 Å². The molecule has 0 aliphatic rings. The first-order valence-corrected chi connectivity index (χ1v) is 9.55. The molecule has 1 heterocycles. The fourth-order valence-corrected chi connectivity index (χ4v) is 2.94. The van der Waals surface area contributed by atoms with Crippen LogP contribution in [0.25, 0.3) is 10.9 Å². The minimum atomic E-state index is -0.369. The van der Waals surface area contributed by atoms with Gasteiger partial charge in [-0.25, -0.2) is 9.78 Å². The van der Waals surface area contributed by atoms with Crippen LogP contribution in [0.5, 0.6) is 5.75 Å². The van der Waals surface area contributed by atoms with Crippen molar-refractivity contribution in [3.8, 4) is 5.75 Å². The van der Waals surface area contributed by atoms with Crippen LogP contribution in [-0.4, -0.2) is 29.0 Å². The minimum Gasteiger partial charge on any atom is -0.489 e. The van der Waals surface area contributed by atoms with Crippen LogP contribution < -0.4 is 10.3 Å². The number of fused-ring (bicyclic) bond motifs is 1. The van der Waals surface area contributed by atoms with Gasteiger partial charge in [-0.15, -0.1) is 0 Å². The Hall–Kier alpha value is -4.26. The topological polar surface area (TPSA) is 82.8 Å². The lowest BCUT2D eigenvalue weighted by molar-refractivity contribution is 0.0600. The van der Waals surface area contributed by atoms with Gasteiger partial charge in [0, 0.05) is 0 Å². The van der Waals surface area contributed by atoms with Crippen molar-refractivity contribution in [3.05, 3.63) is 106 Å². The number of rotatable bonds is 6. The largest absolute Gasteiger partial charge is 0.489 e. The number of para-hydroxylation sites is 1. The van der Waals surface area contributed by atoms with E-state index in [4.69, 9.17) is 4.74 Å². The number of esters is 1. The van der Waals surface area contributed by atoms with E-state index in [2.05, 4.69) is 14.8 Å². The molecule has 3 aromatic carbocycles. The maximum Gasteiger partial charge on any atom is 0.337 e. The molecule has 0 atom stereocenters. The number of aromatic nitrogens is 2. The van der Waals surface area contributed by atoms with Gasteiger partial charge in [-0.3, -0.25) is 4.79 Å². The molecule has 0 N–H and O–H groups in total. The zero-order chi connectivity index (χ0) is 21.6. The van der Waals surface area contributed by atoms with E-state index < -0.39 is 0 Å². The van der Waals surface area contributed by atoms with Crippen molar-refractivity contribution in [2.75, 3.05) is 7.11 Å². The summed E-state index contributed by atoms with van der Waals surface area (Å²) in [5.41, 5.74) is 2.66. The molecule has 0 spiro atoms. The lowest BCUT2D eigenvalue weighted by Gasteiger charge is -2.07. The Bertz CT molecular complexity index is 1290. The average Bonchev–Trinajstić information content (AvgIpc) is 2.83. The predicted octanol–water partition coefficient (Wildman–Crippen LogP) is 3.64. The molecule has 4 rings (SSSR count). The van der Waals surface area contributed by atoms with Crippen molar-refractivity contribution in [1.29, 1.82) is 0 Å². The quantitative estimate of drug-likeness (QED) is 0.356. The zero-order valence-electron chi connectivity index (χ0n) is 16.8. The van der Waals surface area contributed by atoms with Crippen LogP contribution in [0.4, 0.5) is 0 Å². The average molecular weight is 413 g/mol. The van der Waals surface area contributed by atoms with Gasteiger partial charge in [-0.1, -0.05) is 24.3 Å². The second-order valence-corrected chi connectivity index (χ2v) is 6.70. The second kappa shape index (κ2) is 9.04. The summed E-state index contributed by atoms with van der Waals surface area (Å²) in [7, 11) is 1.35. The minimum absolute atomic E-state index is 0.222. The van der Waals surface area contributed by atoms with Crippen molar-refractivity contribution in [1.82, 2.24) is 9.66 Å². The molecule has 1 aromatic heterocycles. The molecule has 0 amide bonds. The lowest BCUT2D eigenvalue weighted by Crippen LogP contribution is -2.16. The molecule has 31 heavy (non-hydrogen) atoms. The summed E-state index contributed by atoms with van der Waals surface area (Å²) in [4.78, 5) is 28.2. The number of nitrogens with zero attached hydrogens (tertiary/aromatic N) is 3. The fraction of sp³-hybridized carbons (Fsp3) is 0.0833. The van der Waals surface area contributed by atoms with Gasteiger partial charge in [0.05, 0.1) is 29.8 Å². The SMILES string of the molecule is COC(=O)c1ccc(COc2ccc(/C=N/n3cnc4ccccc4c3=O)cc2)cc1. The van der Waals surface area contributed by atoms with E-state index in [1.165, 1.54) is 18.1 Å². The Morgan fingerprint density at radius 1 is 1.03 bits per heavy atom. The number of carbonyl (C=O) groups excluding carboxylic acids is 1. The summed E-state index contributed by atoms with van der Waals surface area (Å²) < 4.78 is 11.7. The fourth-order valence-electron chi connectivity index (χ4n) is 2.94. The highest BCUT2D eigenvalue weighted by Gasteiger charge is 2.05. The van der Waals surface area contributed by atoms with Gasteiger partial charge in [0.25, 0.3) is 5.56 Å². The summed E-state index contributed by atoms with van der Waals surface area (Å²) in [6, 6.07) is 21.5. The Morgan fingerprint density at radius 2 is 1.77 bits per heavy atom. The number of hydrogen-bond acceptors (Lipinski definition) is 6. The summed E-state index contributed by atoms with van der Waals surface area (Å²) >= 11 is 0. The van der Waals surface area contributed by atoms with Gasteiger partial charge in [-0.05, 0) is 59.7 Å². The highest BCUT2D eigenvalue weighted by molar-refractivity contribution is 5.89. The molecule has 4 aromatic rings. The number of ether oxygens (including phenoxy) is 2. The highest BCUT2D eigenvalue weighted by Crippen LogP contribution is 2.14. The third-order valence-electron chi connectivity index (χ3n) is 4.64. The smallest absolute Gasteiger partial charge is 0.337 e. The van der Waals surface area contributed by atoms with Crippen molar-refractivity contribution < 1.29 is 14.3 Å². The van der Waals surface area contributed by atoms with E-state index in [1.54, 1.807) is 36.5 Å². The van der Waals surface area contributed by atoms with E-state index in [-0.39, 0.29) is 11.5 Å². The molecule has 7 nitrogen and oxygen atoms in total. The van der Waals surface area contributed by atoms with Crippen LogP contribution in [-0.2, 0) is 11.3 Å². The first-order valence-electron chi connectivity index (χ1n) is 9.55. The maximum absolute atomic E-state index is 12.5. The summed E-state index contributed by atoms with van der Waals surface area (Å²) in [6.45, 7) is 0.368. The maximum atomic E-state index is 12.5. The monoisotopic (exact) mass is 413 g/mol. The molecule has 7 heteroatoms. The van der Waals surface area contributed by atoms with Gasteiger partial charge in [0.2, 0.25) is 0 Å². The summed E-state index contributed by atoms with van der Waals surface area (Å²) in [5, 5.41) is 4.74. The zero-order valence-corrected chi connectivity index (χ0v) is 16.8. The molecule has 0 fully saturated rings. The molecule has 0 aliphatic carbocycles. The van der Waals surface area contributed by atoms with E-state index >= 15 is 0 Å². The third-order valence-corrected chi connectivity index (χ3v) is 4.64. The van der Waals surface area contributed by atoms with Gasteiger partial charge >= 0.3 is 5.97 Å². The molecule has 0 saturated carbocycles. The van der Waals surface area contributed by atoms with Crippen molar-refractivity contribution in [2.45, 2.75) is 6.61 Å². The number of hydrogen-bond donors (Lipinski definition) is 0. The number of carbonyl (C=O) groups is 1. The van der Waals surface area contributed by atoms with Crippen molar-refractivity contribution in [2.24, 2.45) is 5.10 Å². The summed E-state index contributed by atoms with van der Waals surface area (Å²) in [6.07, 6.45) is 3.00. The number of benzene rings is 3. The van der Waals surface area contributed by atoms with Gasteiger partial charge < -0.3 is 9.47 Å². The Balaban J connectivity index is 1.40.